The van der Waals surface area contributed by atoms with Gasteiger partial charge in [-0.2, -0.15) is 0 Å². The molecule has 0 atom stereocenters. The van der Waals surface area contributed by atoms with Gasteiger partial charge in [0.1, 0.15) is 22.4 Å². The van der Waals surface area contributed by atoms with E-state index < -0.39 is 55.7 Å². The topological polar surface area (TPSA) is 36.9 Å². The van der Waals surface area contributed by atoms with Crippen LogP contribution >= 0.6 is 0 Å². The summed E-state index contributed by atoms with van der Waals surface area (Å²) in [6.07, 6.45) is 18.9. The fourth-order valence-corrected chi connectivity index (χ4v) is 22.2. The van der Waals surface area contributed by atoms with E-state index in [2.05, 4.69) is 204 Å². The molecule has 13 aliphatic carbocycles. The highest BCUT2D eigenvalue weighted by Crippen LogP contribution is 2.49. The molecule has 16 rings (SSSR count). The summed E-state index contributed by atoms with van der Waals surface area (Å²) < 4.78 is 30.7. The van der Waals surface area contributed by atoms with Crippen LogP contribution in [0.25, 0.3) is 11.1 Å². The minimum absolute atomic E-state index is 0.696. The average Bonchev–Trinajstić information content (AvgIpc) is 3.35. The maximum atomic E-state index is 7.71. The van der Waals surface area contributed by atoms with Gasteiger partial charge in [-0.3, -0.25) is 0 Å². The van der Waals surface area contributed by atoms with Crippen molar-refractivity contribution in [2.75, 3.05) is 0 Å². The molecule has 0 aromatic heterocycles. The van der Waals surface area contributed by atoms with Gasteiger partial charge in [0.25, 0.3) is 0 Å². The smallest absolute Gasteiger partial charge is 0.194 e. The first-order valence-electron chi connectivity index (χ1n) is 24.7. The Labute approximate surface area is 381 Å². The monoisotopic (exact) mass is 905 g/mol. The van der Waals surface area contributed by atoms with Gasteiger partial charge in [-0.1, -0.05) is 156 Å². The Morgan fingerprint density at radius 3 is 0.548 bits per heavy atom. The standard InChI is InChI=1S/C54H80O4Si4/c1-13-59(14-2,15-3)55-51-37-41-53(42-38-51,57-61(19-7,20-8)21-9)49-33-35-50(36-34-49)54(58-62(22-10,23-11)24-12)43-39-52(40-44-54,56-60(16-4,17-5)18-6)48-31-27-46(28-32-48)45-25-29-47(51)30-26-45/h25-44H,13-24H2,1-12H3. The molecular formula is C54H80O4Si4. The number of hydrogen-bond donors (Lipinski definition) is 0. The molecule has 13 aliphatic rings. The molecule has 0 unspecified atom stereocenters. The lowest BCUT2D eigenvalue weighted by molar-refractivity contribution is 0.119. The van der Waals surface area contributed by atoms with Crippen molar-refractivity contribution in [2.45, 2.75) is 178 Å². The number of benzene rings is 3. The Morgan fingerprint density at radius 1 is 0.258 bits per heavy atom. The van der Waals surface area contributed by atoms with E-state index in [4.69, 9.17) is 17.7 Å². The first-order chi connectivity index (χ1) is 29.8. The fraction of sp³-hybridized carbons (Fsp3) is 0.519. The normalized spacial score (nSPS) is 24.5. The summed E-state index contributed by atoms with van der Waals surface area (Å²) >= 11 is 0. The minimum Gasteiger partial charge on any atom is -0.401 e. The summed E-state index contributed by atoms with van der Waals surface area (Å²) in [7, 11) is -8.44. The van der Waals surface area contributed by atoms with Crippen LogP contribution in [0.2, 0.25) is 72.5 Å². The minimum atomic E-state index is -2.13. The average molecular weight is 906 g/mol. The number of rotatable bonds is 20. The lowest BCUT2D eigenvalue weighted by Crippen LogP contribution is -2.48. The predicted molar refractivity (Wildman–Crippen MR) is 275 cm³/mol. The van der Waals surface area contributed by atoms with Crippen LogP contribution in [0.15, 0.2) is 121 Å². The molecule has 0 aliphatic heterocycles. The zero-order valence-corrected chi connectivity index (χ0v) is 44.7. The van der Waals surface area contributed by atoms with Gasteiger partial charge < -0.3 is 17.7 Å². The fourth-order valence-electron chi connectivity index (χ4n) is 10.6. The summed E-state index contributed by atoms with van der Waals surface area (Å²) in [4.78, 5) is 0. The lowest BCUT2D eigenvalue weighted by atomic mass is 9.79. The molecule has 0 saturated heterocycles. The van der Waals surface area contributed by atoms with E-state index in [1.54, 1.807) is 0 Å². The second-order valence-electron chi connectivity index (χ2n) is 18.6. The van der Waals surface area contributed by atoms with Gasteiger partial charge in [-0.05, 0) is 155 Å². The van der Waals surface area contributed by atoms with E-state index in [1.807, 2.05) is 0 Å². The highest BCUT2D eigenvalue weighted by molar-refractivity contribution is 6.75. The van der Waals surface area contributed by atoms with E-state index in [-0.39, 0.29) is 0 Å². The second-order valence-corrected chi connectivity index (χ2v) is 37.4. The highest BCUT2D eigenvalue weighted by atomic mass is 28.4. The van der Waals surface area contributed by atoms with Crippen LogP contribution < -0.4 is 0 Å². The van der Waals surface area contributed by atoms with E-state index in [0.717, 1.165) is 94.8 Å². The highest BCUT2D eigenvalue weighted by Gasteiger charge is 2.48. The summed E-state index contributed by atoms with van der Waals surface area (Å²) in [6, 6.07) is 40.5. The molecular weight excluding hydrogens is 825 g/mol. The van der Waals surface area contributed by atoms with Gasteiger partial charge in [-0.25, -0.2) is 0 Å². The number of hydrogen-bond acceptors (Lipinski definition) is 4. The Morgan fingerprint density at radius 2 is 0.403 bits per heavy atom. The molecule has 10 bridgehead atoms. The molecule has 0 fully saturated rings. The first kappa shape index (κ1) is 48.8. The van der Waals surface area contributed by atoms with E-state index in [1.165, 1.54) is 11.1 Å². The Bertz CT molecular complexity index is 1840. The summed E-state index contributed by atoms with van der Waals surface area (Å²) in [5, 5.41) is 0. The van der Waals surface area contributed by atoms with Gasteiger partial charge in [0.05, 0.1) is 0 Å². The molecule has 3 aromatic rings. The zero-order chi connectivity index (χ0) is 44.9. The first-order valence-corrected chi connectivity index (χ1v) is 34.8. The largest absolute Gasteiger partial charge is 0.401 e. The summed E-state index contributed by atoms with van der Waals surface area (Å²) in [5.74, 6) is 0. The molecule has 0 radical (unpaired) electrons. The van der Waals surface area contributed by atoms with Crippen molar-refractivity contribution in [1.29, 1.82) is 0 Å². The van der Waals surface area contributed by atoms with E-state index in [0.29, 0.717) is 0 Å². The third-order valence-corrected chi connectivity index (χ3v) is 34.9. The second kappa shape index (κ2) is 19.4. The van der Waals surface area contributed by atoms with Crippen LogP contribution in [0.4, 0.5) is 0 Å². The van der Waals surface area contributed by atoms with Crippen LogP contribution in [0, 0.1) is 0 Å². The molecule has 0 heterocycles. The van der Waals surface area contributed by atoms with Crippen LogP contribution in [-0.2, 0) is 40.1 Å². The Hall–Kier alpha value is -2.67. The molecule has 4 nitrogen and oxygen atoms in total. The molecule has 62 heavy (non-hydrogen) atoms. The maximum absolute atomic E-state index is 7.71. The van der Waals surface area contributed by atoms with Gasteiger partial charge in [0, 0.05) is 0 Å². The molecule has 3 aromatic carbocycles. The van der Waals surface area contributed by atoms with E-state index in [9.17, 15) is 0 Å². The molecule has 0 amide bonds. The van der Waals surface area contributed by atoms with Crippen molar-refractivity contribution in [1.82, 2.24) is 0 Å². The van der Waals surface area contributed by atoms with Crippen molar-refractivity contribution in [3.63, 3.8) is 0 Å². The maximum Gasteiger partial charge on any atom is 0.194 e. The van der Waals surface area contributed by atoms with Crippen LogP contribution in [0.5, 0.6) is 0 Å². The van der Waals surface area contributed by atoms with Crippen molar-refractivity contribution in [3.05, 3.63) is 144 Å². The van der Waals surface area contributed by atoms with Crippen molar-refractivity contribution >= 4 is 33.3 Å². The molecule has 0 N–H and O–H groups in total. The molecule has 0 spiro atoms. The SMILES string of the molecule is CC[Si](CC)(CC)OC12C=CC(O[Si](CC)(CC)CC)(C=C1)c1ccc(cc1)C1(O[Si](CC)(CC)CC)C=CC(O[Si](CC)(CC)CC)(C=C1)c1ccc(cc1)-c1ccc2cc1. The predicted octanol–water partition coefficient (Wildman–Crippen LogP) is 16.2. The van der Waals surface area contributed by atoms with Crippen molar-refractivity contribution < 1.29 is 17.7 Å². The molecule has 0 saturated carbocycles. The summed E-state index contributed by atoms with van der Waals surface area (Å²) in [6.45, 7) is 28.0. The van der Waals surface area contributed by atoms with Crippen LogP contribution in [0.1, 0.15) is 105 Å². The van der Waals surface area contributed by atoms with Gasteiger partial charge in [0.2, 0.25) is 0 Å². The molecule has 336 valence electrons. The lowest BCUT2D eigenvalue weighted by Gasteiger charge is -2.46. The zero-order valence-electron chi connectivity index (χ0n) is 40.7. The van der Waals surface area contributed by atoms with Gasteiger partial charge >= 0.3 is 0 Å². The third-order valence-electron chi connectivity index (χ3n) is 16.4. The van der Waals surface area contributed by atoms with Crippen molar-refractivity contribution in [3.8, 4) is 11.1 Å². The van der Waals surface area contributed by atoms with Gasteiger partial charge in [-0.15, -0.1) is 0 Å². The van der Waals surface area contributed by atoms with Crippen molar-refractivity contribution in [2.24, 2.45) is 0 Å². The van der Waals surface area contributed by atoms with Crippen LogP contribution in [-0.4, -0.2) is 33.3 Å². The Kier molecular flexibility index (Phi) is 15.3. The third kappa shape index (κ3) is 8.85. The van der Waals surface area contributed by atoms with Crippen LogP contribution in [0.3, 0.4) is 0 Å². The Balaban J connectivity index is 1.65. The van der Waals surface area contributed by atoms with Gasteiger partial charge in [0.15, 0.2) is 33.3 Å². The molecule has 8 heteroatoms. The quantitative estimate of drug-likeness (QED) is 0.0836. The van der Waals surface area contributed by atoms with E-state index >= 15 is 0 Å². The summed E-state index contributed by atoms with van der Waals surface area (Å²) in [5.41, 5.74) is 4.16.